The van der Waals surface area contributed by atoms with E-state index >= 15 is 0 Å². The average molecular weight is 501 g/mol. The maximum atomic E-state index is 12.6. The molecule has 0 aliphatic carbocycles. The summed E-state index contributed by atoms with van der Waals surface area (Å²) in [5.74, 6) is -1.06. The summed E-state index contributed by atoms with van der Waals surface area (Å²) in [7, 11) is 0. The molecule has 0 spiro atoms. The van der Waals surface area contributed by atoms with E-state index in [0.717, 1.165) is 0 Å². The number of nitrogens with one attached hydrogen (secondary N) is 1. The van der Waals surface area contributed by atoms with Crippen LogP contribution in [-0.2, 0) is 19.0 Å². The largest absolute Gasteiger partial charge is 0.459 e. The highest BCUT2D eigenvalue weighted by molar-refractivity contribution is 6.06. The number of anilines is 1. The van der Waals surface area contributed by atoms with Crippen LogP contribution in [0.15, 0.2) is 73.3 Å². The minimum atomic E-state index is -0.696. The van der Waals surface area contributed by atoms with Crippen LogP contribution >= 0.6 is 0 Å². The zero-order chi connectivity index (χ0) is 25.8. The molecule has 0 unspecified atom stereocenters. The number of esters is 2. The van der Waals surface area contributed by atoms with Gasteiger partial charge in [0, 0.05) is 18.9 Å². The predicted molar refractivity (Wildman–Crippen MR) is 131 cm³/mol. The number of hydrogen-bond acceptors (Lipinski definition) is 9. The van der Waals surface area contributed by atoms with Crippen LogP contribution in [0.1, 0.15) is 40.3 Å². The molecule has 1 fully saturated rings. The summed E-state index contributed by atoms with van der Waals surface area (Å²) in [4.78, 5) is 49.6. The van der Waals surface area contributed by atoms with Crippen LogP contribution in [-0.4, -0.2) is 56.2 Å². The Balaban J connectivity index is 1.33. The lowest BCUT2D eigenvalue weighted by molar-refractivity contribution is -0.150. The van der Waals surface area contributed by atoms with E-state index in [-0.39, 0.29) is 24.8 Å². The Labute approximate surface area is 211 Å². The number of ether oxygens (including phenoxy) is 3. The van der Waals surface area contributed by atoms with Crippen LogP contribution in [0, 0.1) is 0 Å². The Bertz CT molecular complexity index is 1430. The molecule has 3 atom stereocenters. The molecule has 0 saturated carbocycles. The maximum absolute atomic E-state index is 12.6. The van der Waals surface area contributed by atoms with Crippen molar-refractivity contribution in [1.82, 2.24) is 19.5 Å². The molecule has 1 aliphatic heterocycles. The molecule has 37 heavy (non-hydrogen) atoms. The molecular weight excluding hydrogens is 478 g/mol. The average Bonchev–Trinajstić information content (AvgIpc) is 3.52. The van der Waals surface area contributed by atoms with Gasteiger partial charge in [0.05, 0.1) is 11.9 Å². The number of fused-ring (bicyclic) bond motifs is 1. The summed E-state index contributed by atoms with van der Waals surface area (Å²) in [6.45, 7) is 1.20. The first-order valence-corrected chi connectivity index (χ1v) is 11.6. The number of carbonyl (C=O) groups excluding carboxylic acids is 3. The minimum Gasteiger partial charge on any atom is -0.459 e. The quantitative estimate of drug-likeness (QED) is 0.379. The van der Waals surface area contributed by atoms with Crippen molar-refractivity contribution in [2.45, 2.75) is 31.8 Å². The van der Waals surface area contributed by atoms with Gasteiger partial charge in [-0.3, -0.25) is 14.2 Å². The molecule has 1 aliphatic rings. The number of rotatable bonds is 7. The van der Waals surface area contributed by atoms with Crippen LogP contribution in [0.3, 0.4) is 0 Å². The van der Waals surface area contributed by atoms with Gasteiger partial charge in [-0.2, -0.15) is 0 Å². The molecule has 1 N–H and O–H groups in total. The Morgan fingerprint density at radius 3 is 2.41 bits per heavy atom. The first kappa shape index (κ1) is 24.1. The third-order valence-corrected chi connectivity index (χ3v) is 5.82. The first-order valence-electron chi connectivity index (χ1n) is 11.6. The molecule has 1 amide bonds. The molecule has 5 rings (SSSR count). The van der Waals surface area contributed by atoms with Gasteiger partial charge in [0.2, 0.25) is 0 Å². The predicted octanol–water partition coefficient (Wildman–Crippen LogP) is 3.15. The van der Waals surface area contributed by atoms with Crippen LogP contribution in [0.5, 0.6) is 0 Å². The third kappa shape index (κ3) is 5.31. The number of aromatic nitrogens is 4. The van der Waals surface area contributed by atoms with Crippen molar-refractivity contribution in [3.05, 3.63) is 84.4 Å². The lowest BCUT2D eigenvalue weighted by Crippen LogP contribution is -2.31. The van der Waals surface area contributed by atoms with Crippen molar-refractivity contribution in [3.63, 3.8) is 0 Å². The van der Waals surface area contributed by atoms with Crippen molar-refractivity contribution >= 4 is 34.8 Å². The molecule has 11 nitrogen and oxygen atoms in total. The van der Waals surface area contributed by atoms with Crippen LogP contribution in [0.25, 0.3) is 11.2 Å². The smallest absolute Gasteiger partial charge is 0.338 e. The van der Waals surface area contributed by atoms with Crippen molar-refractivity contribution in [2.75, 3.05) is 11.9 Å². The van der Waals surface area contributed by atoms with Crippen molar-refractivity contribution in [1.29, 1.82) is 0 Å². The summed E-state index contributed by atoms with van der Waals surface area (Å²) in [5.41, 5.74) is 1.68. The Morgan fingerprint density at radius 1 is 1.00 bits per heavy atom. The van der Waals surface area contributed by atoms with Gasteiger partial charge in [0.1, 0.15) is 31.4 Å². The van der Waals surface area contributed by atoms with Gasteiger partial charge in [0.15, 0.2) is 17.0 Å². The fourth-order valence-electron chi connectivity index (χ4n) is 4.10. The van der Waals surface area contributed by atoms with E-state index in [1.807, 2.05) is 6.07 Å². The Hall–Kier alpha value is -4.64. The molecule has 0 bridgehead atoms. The lowest BCUT2D eigenvalue weighted by Gasteiger charge is -2.18. The molecule has 2 aromatic carbocycles. The molecule has 1 saturated heterocycles. The standard InChI is InChI=1S/C26H23N5O6/c1-16(32)36-19-12-21(37-20(19)13-35-26(34)18-10-6-3-7-11-18)31-15-29-22-23(27-14-28-24(22)31)30-25(33)17-8-4-2-5-9-17/h2-11,14-15,19-21H,12-13H2,1H3,(H,27,28,30,33)/t19-,20+,21-/m0/s1. The summed E-state index contributed by atoms with van der Waals surface area (Å²) in [6.07, 6.45) is 1.17. The molecule has 4 aromatic rings. The topological polar surface area (TPSA) is 135 Å². The number of hydrogen-bond donors (Lipinski definition) is 1. The number of imidazole rings is 1. The fraction of sp³-hybridized carbons (Fsp3) is 0.231. The highest BCUT2D eigenvalue weighted by atomic mass is 16.6. The van der Waals surface area contributed by atoms with E-state index in [1.165, 1.54) is 19.6 Å². The van der Waals surface area contributed by atoms with Crippen molar-refractivity contribution < 1.29 is 28.6 Å². The second-order valence-electron chi connectivity index (χ2n) is 8.34. The number of benzene rings is 2. The van der Waals surface area contributed by atoms with E-state index in [2.05, 4.69) is 20.3 Å². The van der Waals surface area contributed by atoms with Crippen LogP contribution in [0.2, 0.25) is 0 Å². The van der Waals surface area contributed by atoms with Gasteiger partial charge < -0.3 is 19.5 Å². The van der Waals surface area contributed by atoms with Crippen LogP contribution in [0.4, 0.5) is 5.82 Å². The minimum absolute atomic E-state index is 0.109. The maximum Gasteiger partial charge on any atom is 0.338 e. The van der Waals surface area contributed by atoms with Gasteiger partial charge in [-0.1, -0.05) is 36.4 Å². The highest BCUT2D eigenvalue weighted by Gasteiger charge is 2.40. The summed E-state index contributed by atoms with van der Waals surface area (Å²) >= 11 is 0. The van der Waals surface area contributed by atoms with E-state index in [9.17, 15) is 14.4 Å². The van der Waals surface area contributed by atoms with E-state index in [1.54, 1.807) is 59.2 Å². The zero-order valence-electron chi connectivity index (χ0n) is 19.8. The molecule has 2 aromatic heterocycles. The second-order valence-corrected chi connectivity index (χ2v) is 8.34. The monoisotopic (exact) mass is 501 g/mol. The SMILES string of the molecule is CC(=O)O[C@H]1C[C@@H](n2cnc3c(NC(=O)c4ccccc4)ncnc32)O[C@@H]1COC(=O)c1ccccc1. The molecule has 0 radical (unpaired) electrons. The normalized spacial score (nSPS) is 18.9. The van der Waals surface area contributed by atoms with Crippen molar-refractivity contribution in [3.8, 4) is 0 Å². The summed E-state index contributed by atoms with van der Waals surface area (Å²) in [5, 5.41) is 2.76. The molecule has 11 heteroatoms. The summed E-state index contributed by atoms with van der Waals surface area (Å²) < 4.78 is 18.7. The number of nitrogens with zero attached hydrogens (tertiary/aromatic N) is 4. The number of amides is 1. The third-order valence-electron chi connectivity index (χ3n) is 5.82. The molecule has 3 heterocycles. The first-order chi connectivity index (χ1) is 18.0. The van der Waals surface area contributed by atoms with Gasteiger partial charge in [-0.15, -0.1) is 0 Å². The van der Waals surface area contributed by atoms with Gasteiger partial charge in [-0.05, 0) is 24.3 Å². The Kier molecular flexibility index (Phi) is 6.86. The highest BCUT2D eigenvalue weighted by Crippen LogP contribution is 2.34. The second kappa shape index (κ2) is 10.5. The molecular formula is C26H23N5O6. The lowest BCUT2D eigenvalue weighted by atomic mass is 10.2. The number of carbonyl (C=O) groups is 3. The fourth-order valence-corrected chi connectivity index (χ4v) is 4.10. The van der Waals surface area contributed by atoms with Gasteiger partial charge >= 0.3 is 11.9 Å². The zero-order valence-corrected chi connectivity index (χ0v) is 19.8. The van der Waals surface area contributed by atoms with Gasteiger partial charge in [0.25, 0.3) is 5.91 Å². The Morgan fingerprint density at radius 2 is 1.70 bits per heavy atom. The van der Waals surface area contributed by atoms with E-state index in [4.69, 9.17) is 14.2 Å². The van der Waals surface area contributed by atoms with Crippen LogP contribution < -0.4 is 5.32 Å². The summed E-state index contributed by atoms with van der Waals surface area (Å²) in [6, 6.07) is 17.3. The van der Waals surface area contributed by atoms with E-state index < -0.39 is 30.4 Å². The van der Waals surface area contributed by atoms with E-state index in [0.29, 0.717) is 22.3 Å². The van der Waals surface area contributed by atoms with Crippen molar-refractivity contribution in [2.24, 2.45) is 0 Å². The van der Waals surface area contributed by atoms with Gasteiger partial charge in [-0.25, -0.2) is 19.7 Å². The molecule has 188 valence electrons.